The molecule has 4 heteroatoms. The number of nitrogens with zero attached hydrogens (tertiary/aromatic N) is 1. The number of aliphatic carboxylic acids is 1. The van der Waals surface area contributed by atoms with Crippen LogP contribution in [-0.4, -0.2) is 17.6 Å². The second kappa shape index (κ2) is 5.56. The molecule has 1 aliphatic rings. The van der Waals surface area contributed by atoms with Crippen LogP contribution in [0.15, 0.2) is 54.6 Å². The van der Waals surface area contributed by atoms with Crippen LogP contribution in [0.1, 0.15) is 18.0 Å². The normalized spacial score (nSPS) is 21.5. The largest absolute Gasteiger partial charge is 0.481 e. The first kappa shape index (κ1) is 13.6. The highest BCUT2D eigenvalue weighted by Gasteiger charge is 2.39. The number of anilines is 1. The number of carbonyl (C=O) groups is 1. The monoisotopic (exact) mass is 285 g/mol. The van der Waals surface area contributed by atoms with Crippen LogP contribution in [0, 0.1) is 11.7 Å². The van der Waals surface area contributed by atoms with Crippen LogP contribution < -0.4 is 4.90 Å². The van der Waals surface area contributed by atoms with Crippen LogP contribution in [-0.2, 0) is 4.79 Å². The van der Waals surface area contributed by atoms with Gasteiger partial charge < -0.3 is 10.0 Å². The van der Waals surface area contributed by atoms with E-state index in [0.29, 0.717) is 18.5 Å². The number of hydrogen-bond acceptors (Lipinski definition) is 2. The first-order valence-electron chi connectivity index (χ1n) is 6.97. The van der Waals surface area contributed by atoms with Crippen LogP contribution in [0.3, 0.4) is 0 Å². The van der Waals surface area contributed by atoms with Gasteiger partial charge in [-0.15, -0.1) is 0 Å². The average molecular weight is 285 g/mol. The van der Waals surface area contributed by atoms with Gasteiger partial charge in [0.25, 0.3) is 0 Å². The van der Waals surface area contributed by atoms with Crippen LogP contribution in [0.2, 0.25) is 0 Å². The topological polar surface area (TPSA) is 40.5 Å². The van der Waals surface area contributed by atoms with Crippen LogP contribution in [0.5, 0.6) is 0 Å². The predicted octanol–water partition coefficient (Wildman–Crippen LogP) is 3.48. The quantitative estimate of drug-likeness (QED) is 0.938. The van der Waals surface area contributed by atoms with Crippen molar-refractivity contribution in [2.75, 3.05) is 11.4 Å². The summed E-state index contributed by atoms with van der Waals surface area (Å²) < 4.78 is 13.5. The Morgan fingerprint density at radius 2 is 1.90 bits per heavy atom. The van der Waals surface area contributed by atoms with Gasteiger partial charge in [-0.25, -0.2) is 4.39 Å². The summed E-state index contributed by atoms with van der Waals surface area (Å²) in [5, 5.41) is 9.46. The van der Waals surface area contributed by atoms with E-state index in [-0.39, 0.29) is 11.9 Å². The lowest BCUT2D eigenvalue weighted by Crippen LogP contribution is -2.28. The van der Waals surface area contributed by atoms with E-state index in [9.17, 15) is 14.3 Å². The molecule has 0 saturated carbocycles. The molecule has 3 rings (SSSR count). The minimum Gasteiger partial charge on any atom is -0.481 e. The highest BCUT2D eigenvalue weighted by Crippen LogP contribution is 2.40. The van der Waals surface area contributed by atoms with Gasteiger partial charge in [0.05, 0.1) is 12.0 Å². The van der Waals surface area contributed by atoms with Crippen molar-refractivity contribution >= 4 is 11.7 Å². The molecule has 2 aromatic rings. The molecule has 0 aromatic heterocycles. The van der Waals surface area contributed by atoms with E-state index in [1.807, 2.05) is 35.2 Å². The van der Waals surface area contributed by atoms with Crippen molar-refractivity contribution in [3.05, 3.63) is 66.0 Å². The zero-order chi connectivity index (χ0) is 14.8. The van der Waals surface area contributed by atoms with Crippen molar-refractivity contribution in [3.63, 3.8) is 0 Å². The Labute approximate surface area is 122 Å². The Bertz CT molecular complexity index is 644. The van der Waals surface area contributed by atoms with Gasteiger partial charge in [0.15, 0.2) is 0 Å². The van der Waals surface area contributed by atoms with E-state index < -0.39 is 11.9 Å². The summed E-state index contributed by atoms with van der Waals surface area (Å²) in [7, 11) is 0. The van der Waals surface area contributed by atoms with Crippen molar-refractivity contribution in [1.29, 1.82) is 0 Å². The zero-order valence-corrected chi connectivity index (χ0v) is 11.4. The molecule has 1 heterocycles. The Balaban J connectivity index is 2.02. The van der Waals surface area contributed by atoms with Gasteiger partial charge in [-0.05, 0) is 36.2 Å². The summed E-state index contributed by atoms with van der Waals surface area (Å²) in [6.45, 7) is 0.655. The number of para-hydroxylation sites is 1. The minimum atomic E-state index is -0.831. The fourth-order valence-corrected chi connectivity index (χ4v) is 3.06. The number of rotatable bonds is 3. The van der Waals surface area contributed by atoms with Gasteiger partial charge >= 0.3 is 5.97 Å². The first-order valence-corrected chi connectivity index (χ1v) is 6.97. The molecule has 3 nitrogen and oxygen atoms in total. The molecular weight excluding hydrogens is 269 g/mol. The third kappa shape index (κ3) is 2.61. The van der Waals surface area contributed by atoms with Crippen LogP contribution in [0.4, 0.5) is 10.1 Å². The fraction of sp³-hybridized carbons (Fsp3) is 0.235. The molecule has 21 heavy (non-hydrogen) atoms. The van der Waals surface area contributed by atoms with Crippen molar-refractivity contribution in [2.45, 2.75) is 12.5 Å². The molecule has 0 spiro atoms. The number of carboxylic acid groups (broad SMARTS) is 1. The number of halogens is 1. The van der Waals surface area contributed by atoms with E-state index in [4.69, 9.17) is 0 Å². The zero-order valence-electron chi connectivity index (χ0n) is 11.4. The van der Waals surface area contributed by atoms with Crippen molar-refractivity contribution in [2.24, 2.45) is 5.92 Å². The minimum absolute atomic E-state index is 0.333. The molecule has 108 valence electrons. The Kier molecular flexibility index (Phi) is 3.60. The van der Waals surface area contributed by atoms with E-state index in [2.05, 4.69) is 0 Å². The van der Waals surface area contributed by atoms with Crippen molar-refractivity contribution < 1.29 is 14.3 Å². The first-order chi connectivity index (χ1) is 10.2. The Morgan fingerprint density at radius 1 is 1.14 bits per heavy atom. The maximum absolute atomic E-state index is 13.5. The molecule has 1 saturated heterocycles. The molecular formula is C17H16FNO2. The number of hydrogen-bond donors (Lipinski definition) is 1. The summed E-state index contributed by atoms with van der Waals surface area (Å²) in [5.74, 6) is -1.69. The molecule has 0 amide bonds. The molecule has 2 atom stereocenters. The molecule has 1 aliphatic heterocycles. The highest BCUT2D eigenvalue weighted by molar-refractivity contribution is 5.73. The third-order valence-corrected chi connectivity index (χ3v) is 3.99. The van der Waals surface area contributed by atoms with E-state index in [1.165, 1.54) is 12.1 Å². The summed E-state index contributed by atoms with van der Waals surface area (Å²) in [5.41, 5.74) is 1.68. The standard InChI is InChI=1S/C17H16FNO2/c18-13-6-4-5-12(11-13)16-15(17(20)21)9-10-19(16)14-7-2-1-3-8-14/h1-8,11,15-16H,9-10H2,(H,20,21). The van der Waals surface area contributed by atoms with E-state index >= 15 is 0 Å². The Morgan fingerprint density at radius 3 is 2.57 bits per heavy atom. The third-order valence-electron chi connectivity index (χ3n) is 3.99. The average Bonchev–Trinajstić information content (AvgIpc) is 2.93. The summed E-state index contributed by atoms with van der Waals surface area (Å²) in [6, 6.07) is 15.6. The SMILES string of the molecule is O=C(O)C1CCN(c2ccccc2)C1c1cccc(F)c1. The highest BCUT2D eigenvalue weighted by atomic mass is 19.1. The van der Waals surface area contributed by atoms with E-state index in [0.717, 1.165) is 5.69 Å². The molecule has 0 aliphatic carbocycles. The van der Waals surface area contributed by atoms with Gasteiger partial charge in [0.1, 0.15) is 5.82 Å². The number of benzene rings is 2. The molecule has 0 bridgehead atoms. The van der Waals surface area contributed by atoms with Crippen LogP contribution >= 0.6 is 0 Å². The maximum atomic E-state index is 13.5. The van der Waals surface area contributed by atoms with Crippen molar-refractivity contribution in [3.8, 4) is 0 Å². The van der Waals surface area contributed by atoms with Crippen LogP contribution in [0.25, 0.3) is 0 Å². The lowest BCUT2D eigenvalue weighted by atomic mass is 9.93. The fourth-order valence-electron chi connectivity index (χ4n) is 3.06. The van der Waals surface area contributed by atoms with Gasteiger partial charge in [-0.2, -0.15) is 0 Å². The molecule has 1 fully saturated rings. The van der Waals surface area contributed by atoms with Gasteiger partial charge in [0, 0.05) is 12.2 Å². The summed E-state index contributed by atoms with van der Waals surface area (Å²) >= 11 is 0. The molecule has 0 radical (unpaired) electrons. The lowest BCUT2D eigenvalue weighted by Gasteiger charge is -2.29. The van der Waals surface area contributed by atoms with Gasteiger partial charge in [0.2, 0.25) is 0 Å². The molecule has 2 aromatic carbocycles. The van der Waals surface area contributed by atoms with Crippen molar-refractivity contribution in [1.82, 2.24) is 0 Å². The van der Waals surface area contributed by atoms with Gasteiger partial charge in [-0.3, -0.25) is 4.79 Å². The molecule has 2 unspecified atom stereocenters. The van der Waals surface area contributed by atoms with E-state index in [1.54, 1.807) is 12.1 Å². The second-order valence-corrected chi connectivity index (χ2v) is 5.26. The maximum Gasteiger partial charge on any atom is 0.309 e. The summed E-state index contributed by atoms with van der Waals surface area (Å²) in [4.78, 5) is 13.6. The van der Waals surface area contributed by atoms with Gasteiger partial charge in [-0.1, -0.05) is 30.3 Å². The Hall–Kier alpha value is -2.36. The number of carboxylic acids is 1. The smallest absolute Gasteiger partial charge is 0.309 e. The second-order valence-electron chi connectivity index (χ2n) is 5.26. The predicted molar refractivity (Wildman–Crippen MR) is 78.7 cm³/mol. The lowest BCUT2D eigenvalue weighted by molar-refractivity contribution is -0.141. The summed E-state index contributed by atoms with van der Waals surface area (Å²) in [6.07, 6.45) is 0.561. The molecule has 1 N–H and O–H groups in total.